The molecule has 5 nitrogen and oxygen atoms in total. The molecule has 1 heterocycles. The summed E-state index contributed by atoms with van der Waals surface area (Å²) in [5, 5.41) is 22.0. The predicted molar refractivity (Wildman–Crippen MR) is 100 cm³/mol. The number of aromatic nitrogens is 2. The molecule has 2 saturated carbocycles. The van der Waals surface area contributed by atoms with Crippen molar-refractivity contribution in [3.05, 3.63) is 60.0 Å². The van der Waals surface area contributed by atoms with E-state index in [9.17, 15) is 14.6 Å². The summed E-state index contributed by atoms with van der Waals surface area (Å²) in [6.07, 6.45) is 6.95. The first-order valence-electron chi connectivity index (χ1n) is 9.51. The van der Waals surface area contributed by atoms with Gasteiger partial charge >= 0.3 is 0 Å². The third kappa shape index (κ3) is 3.01. The minimum atomic E-state index is -1.09. The van der Waals surface area contributed by atoms with Gasteiger partial charge in [-0.1, -0.05) is 12.1 Å². The molecule has 2 aliphatic carbocycles. The molecule has 6 heteroatoms. The topological polar surface area (TPSA) is 92.3 Å². The fourth-order valence-corrected chi connectivity index (χ4v) is 5.27. The maximum atomic E-state index is 13.6. The first kappa shape index (κ1) is 18.3. The Morgan fingerprint density at radius 3 is 2.59 bits per heavy atom. The van der Waals surface area contributed by atoms with Crippen molar-refractivity contribution in [3.8, 4) is 0 Å². The Bertz CT molecular complexity index is 815. The zero-order valence-corrected chi connectivity index (χ0v) is 15.2. The van der Waals surface area contributed by atoms with Gasteiger partial charge in [-0.25, -0.2) is 14.4 Å². The third-order valence-electron chi connectivity index (χ3n) is 6.45. The van der Waals surface area contributed by atoms with Crippen LogP contribution < -0.4 is 5.73 Å². The number of benzene rings is 1. The Kier molecular flexibility index (Phi) is 4.64. The summed E-state index contributed by atoms with van der Waals surface area (Å²) in [5.41, 5.74) is 5.73. The van der Waals surface area contributed by atoms with Gasteiger partial charge in [-0.05, 0) is 62.3 Å². The monoisotopic (exact) mass is 370 g/mol. The standard InChI is InChI=1S/C21H25FN3O2/c22-15-6-4-14(5-7-15)21(20(27)11-8-16(26)13-20)10-2-1-3-17(21)18-9-12-24-19(23)25-18/h1,4-7,9,12,16-17,26-27H,2-3,8,10-11,13H2,(H2,23,24,25). The molecule has 2 fully saturated rings. The molecule has 0 amide bonds. The van der Waals surface area contributed by atoms with Crippen molar-refractivity contribution in [1.29, 1.82) is 0 Å². The minimum absolute atomic E-state index is 0.127. The lowest BCUT2D eigenvalue weighted by molar-refractivity contribution is -0.0659. The van der Waals surface area contributed by atoms with Crippen LogP contribution in [0.15, 0.2) is 36.5 Å². The number of hydrogen-bond donors (Lipinski definition) is 3. The van der Waals surface area contributed by atoms with Crippen molar-refractivity contribution < 1.29 is 14.6 Å². The Balaban J connectivity index is 1.91. The van der Waals surface area contributed by atoms with Gasteiger partial charge in [0.15, 0.2) is 0 Å². The Morgan fingerprint density at radius 2 is 1.93 bits per heavy atom. The molecule has 1 aromatic carbocycles. The summed E-state index contributed by atoms with van der Waals surface area (Å²) in [5.74, 6) is -0.237. The molecule has 2 aliphatic rings. The highest BCUT2D eigenvalue weighted by Crippen LogP contribution is 2.59. The Morgan fingerprint density at radius 1 is 1.15 bits per heavy atom. The van der Waals surface area contributed by atoms with Gasteiger partial charge in [0.05, 0.1) is 17.4 Å². The molecule has 4 rings (SSSR count). The zero-order chi connectivity index (χ0) is 19.1. The van der Waals surface area contributed by atoms with Crippen LogP contribution in [0.5, 0.6) is 0 Å². The van der Waals surface area contributed by atoms with Gasteiger partial charge in [0.1, 0.15) is 5.82 Å². The first-order valence-corrected chi connectivity index (χ1v) is 9.51. The normalized spacial score (nSPS) is 33.9. The number of rotatable bonds is 3. The van der Waals surface area contributed by atoms with Gasteiger partial charge in [-0.2, -0.15) is 0 Å². The highest BCUT2D eigenvalue weighted by Gasteiger charge is 2.59. The summed E-state index contributed by atoms with van der Waals surface area (Å²) in [4.78, 5) is 8.45. The van der Waals surface area contributed by atoms with Crippen molar-refractivity contribution in [2.24, 2.45) is 0 Å². The van der Waals surface area contributed by atoms with E-state index in [2.05, 4.69) is 16.4 Å². The van der Waals surface area contributed by atoms with Crippen LogP contribution in [0.2, 0.25) is 0 Å². The van der Waals surface area contributed by atoms with Crippen LogP contribution in [0.1, 0.15) is 55.7 Å². The number of nitrogen functional groups attached to an aromatic ring is 1. The van der Waals surface area contributed by atoms with Crippen molar-refractivity contribution >= 4 is 5.95 Å². The largest absolute Gasteiger partial charge is 0.393 e. The van der Waals surface area contributed by atoms with E-state index in [1.165, 1.54) is 12.1 Å². The third-order valence-corrected chi connectivity index (χ3v) is 6.45. The molecule has 143 valence electrons. The molecular formula is C21H25FN3O2. The van der Waals surface area contributed by atoms with Crippen LogP contribution in [0.25, 0.3) is 0 Å². The average Bonchev–Trinajstić information content (AvgIpc) is 3.02. The maximum absolute atomic E-state index is 13.6. The Hall–Kier alpha value is -2.05. The maximum Gasteiger partial charge on any atom is 0.220 e. The highest BCUT2D eigenvalue weighted by atomic mass is 19.1. The van der Waals surface area contributed by atoms with Crippen LogP contribution in [0.4, 0.5) is 10.3 Å². The lowest BCUT2D eigenvalue weighted by atomic mass is 9.53. The number of halogens is 1. The molecule has 0 aliphatic heterocycles. The van der Waals surface area contributed by atoms with E-state index < -0.39 is 17.1 Å². The molecule has 1 aromatic heterocycles. The summed E-state index contributed by atoms with van der Waals surface area (Å²) < 4.78 is 13.6. The zero-order valence-electron chi connectivity index (χ0n) is 15.2. The van der Waals surface area contributed by atoms with Crippen LogP contribution in [-0.2, 0) is 5.41 Å². The molecule has 1 radical (unpaired) electrons. The summed E-state index contributed by atoms with van der Waals surface area (Å²) >= 11 is 0. The lowest BCUT2D eigenvalue weighted by Gasteiger charge is -2.53. The van der Waals surface area contributed by atoms with E-state index in [4.69, 9.17) is 5.73 Å². The molecule has 0 saturated heterocycles. The van der Waals surface area contributed by atoms with Crippen LogP contribution in [0, 0.1) is 12.2 Å². The molecular weight excluding hydrogens is 345 g/mol. The summed E-state index contributed by atoms with van der Waals surface area (Å²) in [6.45, 7) is 0. The fraction of sp³-hybridized carbons (Fsp3) is 0.476. The van der Waals surface area contributed by atoms with Gasteiger partial charge in [0, 0.05) is 24.0 Å². The molecule has 0 spiro atoms. The summed E-state index contributed by atoms with van der Waals surface area (Å²) in [6, 6.07) is 8.25. The smallest absolute Gasteiger partial charge is 0.220 e. The second-order valence-corrected chi connectivity index (χ2v) is 7.86. The summed E-state index contributed by atoms with van der Waals surface area (Å²) in [7, 11) is 0. The van der Waals surface area contributed by atoms with E-state index >= 15 is 0 Å². The number of anilines is 1. The number of aliphatic hydroxyl groups excluding tert-OH is 1. The molecule has 4 N–H and O–H groups in total. The SMILES string of the molecule is Nc1nccc(C2C[CH]CCC2(c2ccc(F)cc2)C2(O)CCC(O)C2)n1. The van der Waals surface area contributed by atoms with Crippen LogP contribution >= 0.6 is 0 Å². The van der Waals surface area contributed by atoms with Gasteiger partial charge in [-0.3, -0.25) is 0 Å². The lowest BCUT2D eigenvalue weighted by Crippen LogP contribution is -2.55. The van der Waals surface area contributed by atoms with Crippen molar-refractivity contribution in [1.82, 2.24) is 9.97 Å². The van der Waals surface area contributed by atoms with Gasteiger partial charge in [0.2, 0.25) is 5.95 Å². The van der Waals surface area contributed by atoms with Gasteiger partial charge in [-0.15, -0.1) is 0 Å². The quantitative estimate of drug-likeness (QED) is 0.773. The molecule has 4 unspecified atom stereocenters. The van der Waals surface area contributed by atoms with E-state index in [-0.39, 0.29) is 17.7 Å². The number of nitrogens with zero attached hydrogens (tertiary/aromatic N) is 2. The van der Waals surface area contributed by atoms with Gasteiger partial charge < -0.3 is 15.9 Å². The predicted octanol–water partition coefficient (Wildman–Crippen LogP) is 2.88. The Labute approximate surface area is 158 Å². The van der Waals surface area contributed by atoms with E-state index in [0.717, 1.165) is 24.1 Å². The number of aliphatic hydroxyl groups is 2. The highest BCUT2D eigenvalue weighted by molar-refractivity contribution is 5.39. The van der Waals surface area contributed by atoms with Gasteiger partial charge in [0.25, 0.3) is 0 Å². The minimum Gasteiger partial charge on any atom is -0.393 e. The first-order chi connectivity index (χ1) is 12.9. The van der Waals surface area contributed by atoms with Crippen molar-refractivity contribution in [2.45, 2.75) is 61.6 Å². The van der Waals surface area contributed by atoms with Crippen LogP contribution in [-0.4, -0.2) is 31.9 Å². The van der Waals surface area contributed by atoms with E-state index in [0.29, 0.717) is 25.7 Å². The van der Waals surface area contributed by atoms with Crippen molar-refractivity contribution in [3.63, 3.8) is 0 Å². The van der Waals surface area contributed by atoms with Crippen molar-refractivity contribution in [2.75, 3.05) is 5.73 Å². The molecule has 27 heavy (non-hydrogen) atoms. The molecule has 4 atom stereocenters. The number of hydrogen-bond acceptors (Lipinski definition) is 5. The second-order valence-electron chi connectivity index (χ2n) is 7.86. The molecule has 2 aromatic rings. The van der Waals surface area contributed by atoms with E-state index in [1.54, 1.807) is 18.3 Å². The number of nitrogens with two attached hydrogens (primary N) is 1. The molecule has 0 bridgehead atoms. The second kappa shape index (κ2) is 6.84. The van der Waals surface area contributed by atoms with E-state index in [1.807, 2.05) is 6.07 Å². The average molecular weight is 370 g/mol. The van der Waals surface area contributed by atoms with Crippen LogP contribution in [0.3, 0.4) is 0 Å². The fourth-order valence-electron chi connectivity index (χ4n) is 5.27.